The van der Waals surface area contributed by atoms with E-state index in [-0.39, 0.29) is 30.2 Å². The van der Waals surface area contributed by atoms with Crippen molar-refractivity contribution in [1.82, 2.24) is 15.1 Å². The molecule has 1 amide bonds. The summed E-state index contributed by atoms with van der Waals surface area (Å²) in [6.07, 6.45) is -9.54. The number of nitrogens with zero attached hydrogens (tertiary/aromatic N) is 3. The van der Waals surface area contributed by atoms with Crippen molar-refractivity contribution in [3.63, 3.8) is 0 Å². The Labute approximate surface area is 206 Å². The van der Waals surface area contributed by atoms with Gasteiger partial charge >= 0.3 is 18.3 Å². The first kappa shape index (κ1) is 26.0. The molecule has 0 aliphatic carbocycles. The number of nitrogens with one attached hydrogen (secondary N) is 1. The van der Waals surface area contributed by atoms with Crippen LogP contribution in [-0.2, 0) is 23.6 Å². The van der Waals surface area contributed by atoms with Crippen LogP contribution in [-0.4, -0.2) is 35.3 Å². The Morgan fingerprint density at radius 1 is 0.946 bits per heavy atom. The molecule has 1 aromatic heterocycles. The molecule has 1 N–H and O–H groups in total. The molecule has 37 heavy (non-hydrogen) atoms. The van der Waals surface area contributed by atoms with Crippen LogP contribution in [0.5, 0.6) is 0 Å². The number of hydrogen-bond acceptors (Lipinski definition) is 5. The molecule has 0 bridgehead atoms. The van der Waals surface area contributed by atoms with E-state index in [1.54, 1.807) is 6.92 Å². The third-order valence-corrected chi connectivity index (χ3v) is 5.90. The zero-order chi connectivity index (χ0) is 27.1. The van der Waals surface area contributed by atoms with Gasteiger partial charge in [0.15, 0.2) is 5.69 Å². The Morgan fingerprint density at radius 3 is 2.11 bits per heavy atom. The normalized spacial score (nSPS) is 14.3. The van der Waals surface area contributed by atoms with Gasteiger partial charge in [-0.3, -0.25) is 4.79 Å². The van der Waals surface area contributed by atoms with E-state index in [9.17, 15) is 35.9 Å². The topological polar surface area (TPSA) is 76.5 Å². The van der Waals surface area contributed by atoms with E-state index in [1.807, 2.05) is 0 Å². The summed E-state index contributed by atoms with van der Waals surface area (Å²) < 4.78 is 86.0. The van der Waals surface area contributed by atoms with Crippen LogP contribution in [0.2, 0.25) is 0 Å². The number of ether oxygens (including phenoxy) is 1. The summed E-state index contributed by atoms with van der Waals surface area (Å²) >= 11 is 0. The number of esters is 1. The molecule has 0 saturated carbocycles. The zero-order valence-electron chi connectivity index (χ0n) is 19.4. The number of methoxy groups -OCH3 is 1. The standard InChI is InChI=1S/C24H20F6N4O3/c1-13(14-3-5-15(6-4-14)22(36)37-2)31-20(35)18-19(24(28,29)30)32-34-12-11-33(21(18)34)17-9-7-16(8-10-17)23(25,26)27/h3-10,13H,11-12H2,1-2H3,(H,31,35)/t13-/m0/s1. The minimum absolute atomic E-state index is 0.00272. The van der Waals surface area contributed by atoms with Crippen molar-refractivity contribution in [2.45, 2.75) is 31.9 Å². The van der Waals surface area contributed by atoms with Crippen molar-refractivity contribution in [2.75, 3.05) is 18.6 Å². The number of rotatable bonds is 5. The fourth-order valence-corrected chi connectivity index (χ4v) is 4.05. The van der Waals surface area contributed by atoms with Gasteiger partial charge in [0.2, 0.25) is 0 Å². The number of amides is 1. The molecule has 3 aromatic rings. The lowest BCUT2D eigenvalue weighted by atomic mass is 10.1. The van der Waals surface area contributed by atoms with Crippen LogP contribution in [0.15, 0.2) is 48.5 Å². The minimum atomic E-state index is -4.96. The molecule has 0 radical (unpaired) electrons. The van der Waals surface area contributed by atoms with Crippen LogP contribution in [0.1, 0.15) is 50.5 Å². The molecule has 7 nitrogen and oxygen atoms in total. The predicted octanol–water partition coefficient (Wildman–Crippen LogP) is 5.35. The second kappa shape index (κ2) is 9.45. The molecule has 1 aliphatic rings. The van der Waals surface area contributed by atoms with Crippen LogP contribution >= 0.6 is 0 Å². The number of anilines is 2. The lowest BCUT2D eigenvalue weighted by molar-refractivity contribution is -0.142. The molecule has 1 atom stereocenters. The van der Waals surface area contributed by atoms with Gasteiger partial charge in [-0.05, 0) is 48.9 Å². The second-order valence-corrected chi connectivity index (χ2v) is 8.27. The van der Waals surface area contributed by atoms with Crippen molar-refractivity contribution in [1.29, 1.82) is 0 Å². The summed E-state index contributed by atoms with van der Waals surface area (Å²) in [5.41, 5.74) is -2.10. The SMILES string of the molecule is COC(=O)c1ccc([C@H](C)NC(=O)c2c(C(F)(F)F)nn3c2N(c2ccc(C(F)(F)F)cc2)CC3)cc1. The Bertz CT molecular complexity index is 1310. The Balaban J connectivity index is 1.67. The van der Waals surface area contributed by atoms with Crippen LogP contribution in [0.3, 0.4) is 0 Å². The lowest BCUT2D eigenvalue weighted by Crippen LogP contribution is -2.30. The zero-order valence-corrected chi connectivity index (χ0v) is 19.4. The highest BCUT2D eigenvalue weighted by atomic mass is 19.4. The molecule has 196 valence electrons. The number of halogens is 6. The summed E-state index contributed by atoms with van der Waals surface area (Å²) in [7, 11) is 1.22. The van der Waals surface area contributed by atoms with Crippen molar-refractivity contribution < 1.29 is 40.7 Å². The van der Waals surface area contributed by atoms with Crippen molar-refractivity contribution >= 4 is 23.4 Å². The fraction of sp³-hybridized carbons (Fsp3) is 0.292. The number of alkyl halides is 6. The molecule has 1 aliphatic heterocycles. The molecule has 0 fully saturated rings. The van der Waals surface area contributed by atoms with Crippen LogP contribution in [0.25, 0.3) is 0 Å². The number of carbonyl (C=O) groups excluding carboxylic acids is 2. The maximum atomic E-state index is 13.8. The van der Waals surface area contributed by atoms with E-state index in [4.69, 9.17) is 0 Å². The largest absolute Gasteiger partial charge is 0.465 e. The number of fused-ring (bicyclic) bond motifs is 1. The van der Waals surface area contributed by atoms with Crippen molar-refractivity contribution in [2.24, 2.45) is 0 Å². The Hall–Kier alpha value is -4.03. The number of hydrogen-bond donors (Lipinski definition) is 1. The van der Waals surface area contributed by atoms with Gasteiger partial charge in [0.05, 0.1) is 30.8 Å². The first-order valence-electron chi connectivity index (χ1n) is 10.9. The maximum Gasteiger partial charge on any atom is 0.436 e. The smallest absolute Gasteiger partial charge is 0.436 e. The van der Waals surface area contributed by atoms with Gasteiger partial charge in [-0.25, -0.2) is 9.48 Å². The highest BCUT2D eigenvalue weighted by Crippen LogP contribution is 2.41. The van der Waals surface area contributed by atoms with Gasteiger partial charge in [-0.15, -0.1) is 0 Å². The molecule has 0 unspecified atom stereocenters. The van der Waals surface area contributed by atoms with E-state index in [0.717, 1.165) is 28.9 Å². The van der Waals surface area contributed by atoms with Crippen LogP contribution in [0, 0.1) is 0 Å². The van der Waals surface area contributed by atoms with E-state index < -0.39 is 47.1 Å². The van der Waals surface area contributed by atoms with E-state index in [1.165, 1.54) is 36.3 Å². The number of aromatic nitrogens is 2. The average molecular weight is 526 g/mol. The summed E-state index contributed by atoms with van der Waals surface area (Å²) in [5.74, 6) is -1.80. The molecule has 13 heteroatoms. The fourth-order valence-electron chi connectivity index (χ4n) is 4.05. The monoisotopic (exact) mass is 526 g/mol. The minimum Gasteiger partial charge on any atom is -0.465 e. The molecular weight excluding hydrogens is 506 g/mol. The van der Waals surface area contributed by atoms with Crippen LogP contribution in [0.4, 0.5) is 37.8 Å². The quantitative estimate of drug-likeness (QED) is 0.358. The third kappa shape index (κ3) is 5.11. The molecule has 2 aromatic carbocycles. The van der Waals surface area contributed by atoms with E-state index in [0.29, 0.717) is 5.56 Å². The summed E-state index contributed by atoms with van der Waals surface area (Å²) in [4.78, 5) is 26.1. The first-order valence-corrected chi connectivity index (χ1v) is 10.9. The van der Waals surface area contributed by atoms with Gasteiger partial charge in [0.1, 0.15) is 11.4 Å². The van der Waals surface area contributed by atoms with Crippen molar-refractivity contribution in [3.05, 3.63) is 76.5 Å². The Kier molecular flexibility index (Phi) is 6.65. The molecule has 4 rings (SSSR count). The number of benzene rings is 2. The van der Waals surface area contributed by atoms with Gasteiger partial charge < -0.3 is 15.0 Å². The van der Waals surface area contributed by atoms with E-state index in [2.05, 4.69) is 15.2 Å². The average Bonchev–Trinajstić information content (AvgIpc) is 3.43. The lowest BCUT2D eigenvalue weighted by Gasteiger charge is -2.21. The van der Waals surface area contributed by atoms with Gasteiger partial charge in [0, 0.05) is 12.2 Å². The Morgan fingerprint density at radius 2 is 1.57 bits per heavy atom. The van der Waals surface area contributed by atoms with Gasteiger partial charge in [-0.1, -0.05) is 12.1 Å². The van der Waals surface area contributed by atoms with Crippen molar-refractivity contribution in [3.8, 4) is 0 Å². The first-order chi connectivity index (χ1) is 17.3. The summed E-state index contributed by atoms with van der Waals surface area (Å²) in [6, 6.07) is 9.11. The number of carbonyl (C=O) groups is 2. The molecule has 0 spiro atoms. The predicted molar refractivity (Wildman–Crippen MR) is 119 cm³/mol. The molecular formula is C24H20F6N4O3. The third-order valence-electron chi connectivity index (χ3n) is 5.90. The van der Waals surface area contributed by atoms with Gasteiger partial charge in [0.25, 0.3) is 5.91 Å². The summed E-state index contributed by atoms with van der Waals surface area (Å²) in [5, 5.41) is 6.11. The van der Waals surface area contributed by atoms with Crippen LogP contribution < -0.4 is 10.2 Å². The van der Waals surface area contributed by atoms with Gasteiger partial charge in [-0.2, -0.15) is 31.4 Å². The molecule has 2 heterocycles. The second-order valence-electron chi connectivity index (χ2n) is 8.27. The summed E-state index contributed by atoms with van der Waals surface area (Å²) in [6.45, 7) is 1.66. The highest BCUT2D eigenvalue weighted by molar-refractivity contribution is 6.01. The highest BCUT2D eigenvalue weighted by Gasteiger charge is 2.44. The maximum absolute atomic E-state index is 13.8. The van der Waals surface area contributed by atoms with E-state index >= 15 is 0 Å². The molecule has 0 saturated heterocycles.